The van der Waals surface area contributed by atoms with Crippen molar-refractivity contribution in [3.63, 3.8) is 0 Å². The maximum Gasteiger partial charge on any atom is 0.160 e. The summed E-state index contributed by atoms with van der Waals surface area (Å²) in [5, 5.41) is 12.3. The van der Waals surface area contributed by atoms with Crippen molar-refractivity contribution in [1.29, 1.82) is 0 Å². The number of aromatic amines is 1. The van der Waals surface area contributed by atoms with Crippen LogP contribution in [0.15, 0.2) is 126 Å². The Morgan fingerprint density at radius 3 is 2.05 bits per heavy atom. The van der Waals surface area contributed by atoms with Crippen molar-refractivity contribution < 1.29 is 4.42 Å². The highest BCUT2D eigenvalue weighted by molar-refractivity contribution is 7.25. The largest absolute Gasteiger partial charge is 0.454 e. The number of rotatable bonds is 1. The highest BCUT2D eigenvalue weighted by atomic mass is 32.1. The summed E-state index contributed by atoms with van der Waals surface area (Å²) in [6.45, 7) is 4.00. The molecular weight excluding hydrogens is 543 g/mol. The average molecular weight is 570 g/mol. The topological polar surface area (TPSA) is 28.9 Å². The van der Waals surface area contributed by atoms with Crippen molar-refractivity contribution in [1.82, 2.24) is 4.98 Å². The third-order valence-electron chi connectivity index (χ3n) is 8.76. The number of benzene rings is 7. The van der Waals surface area contributed by atoms with Crippen molar-refractivity contribution >= 4 is 96.8 Å². The van der Waals surface area contributed by atoms with Crippen LogP contribution in [-0.4, -0.2) is 4.98 Å². The lowest BCUT2D eigenvalue weighted by molar-refractivity contribution is 0.672. The SMILES string of the molecule is CC.c1ccc2c(c1)[nH]c1c3oc4cc5ccc(-c6ccc7c(c6)sc6ccccc67)cc5cc4c3c3ccccc3c21. The number of nitrogens with one attached hydrogen (secondary N) is 1. The zero-order valence-electron chi connectivity index (χ0n) is 23.9. The van der Waals surface area contributed by atoms with Gasteiger partial charge in [-0.2, -0.15) is 0 Å². The molecule has 0 aliphatic heterocycles. The highest BCUT2D eigenvalue weighted by Gasteiger charge is 2.19. The summed E-state index contributed by atoms with van der Waals surface area (Å²) in [6, 6.07) is 44.1. The molecule has 0 bridgehead atoms. The first kappa shape index (κ1) is 24.5. The Morgan fingerprint density at radius 1 is 0.512 bits per heavy atom. The van der Waals surface area contributed by atoms with Crippen LogP contribution in [0.25, 0.3) is 96.6 Å². The molecule has 3 heteroatoms. The van der Waals surface area contributed by atoms with Gasteiger partial charge in [-0.15, -0.1) is 11.3 Å². The second kappa shape index (κ2) is 9.19. The van der Waals surface area contributed by atoms with Crippen LogP contribution in [0.3, 0.4) is 0 Å². The van der Waals surface area contributed by atoms with E-state index in [9.17, 15) is 0 Å². The fourth-order valence-corrected chi connectivity index (χ4v) is 8.02. The van der Waals surface area contributed by atoms with Gasteiger partial charge >= 0.3 is 0 Å². The van der Waals surface area contributed by atoms with Crippen molar-refractivity contribution in [2.75, 3.05) is 0 Å². The first-order chi connectivity index (χ1) is 21.3. The van der Waals surface area contributed by atoms with Crippen LogP contribution < -0.4 is 0 Å². The van der Waals surface area contributed by atoms with Crippen LogP contribution in [-0.2, 0) is 0 Å². The summed E-state index contributed by atoms with van der Waals surface area (Å²) in [5.41, 5.74) is 6.52. The van der Waals surface area contributed by atoms with E-state index < -0.39 is 0 Å². The standard InChI is InChI=1S/C38H21NOS.C2H6/c1-2-9-28-27(8-1)35-29-10-3-5-11-31(29)39-37(35)38-36(28)30-18-24-17-21(13-14-22(24)19-32(30)40-38)23-15-16-26-25-7-4-6-12-33(25)41-34(26)20-23;1-2/h1-20,39H;1-2H3. The Labute approximate surface area is 251 Å². The summed E-state index contributed by atoms with van der Waals surface area (Å²) in [6.07, 6.45) is 0. The number of aromatic nitrogens is 1. The average Bonchev–Trinajstić information content (AvgIpc) is 3.75. The summed E-state index contributed by atoms with van der Waals surface area (Å²) in [7, 11) is 0. The van der Waals surface area contributed by atoms with Gasteiger partial charge in [-0.25, -0.2) is 0 Å². The summed E-state index contributed by atoms with van der Waals surface area (Å²) < 4.78 is 9.34. The van der Waals surface area contributed by atoms with E-state index in [1.54, 1.807) is 0 Å². The highest BCUT2D eigenvalue weighted by Crippen LogP contribution is 2.44. The van der Waals surface area contributed by atoms with Crippen molar-refractivity contribution in [2.45, 2.75) is 13.8 Å². The normalized spacial score (nSPS) is 12.0. The van der Waals surface area contributed by atoms with E-state index in [4.69, 9.17) is 4.42 Å². The van der Waals surface area contributed by atoms with Crippen LogP contribution in [0.1, 0.15) is 13.8 Å². The molecule has 43 heavy (non-hydrogen) atoms. The molecule has 0 saturated carbocycles. The van der Waals surface area contributed by atoms with E-state index in [1.807, 2.05) is 25.2 Å². The van der Waals surface area contributed by atoms with Crippen LogP contribution in [0.2, 0.25) is 0 Å². The lowest BCUT2D eigenvalue weighted by atomic mass is 9.96. The lowest BCUT2D eigenvalue weighted by Crippen LogP contribution is -1.80. The molecule has 2 nitrogen and oxygen atoms in total. The smallest absolute Gasteiger partial charge is 0.160 e. The predicted molar refractivity (Wildman–Crippen MR) is 188 cm³/mol. The molecular formula is C40H27NOS. The molecule has 0 spiro atoms. The molecule has 0 amide bonds. The fraction of sp³-hybridized carbons (Fsp3) is 0.0500. The van der Waals surface area contributed by atoms with Crippen molar-refractivity contribution in [3.05, 3.63) is 121 Å². The monoisotopic (exact) mass is 569 g/mol. The molecule has 10 aromatic rings. The van der Waals surface area contributed by atoms with Crippen LogP contribution in [0, 0.1) is 0 Å². The number of hydrogen-bond acceptors (Lipinski definition) is 2. The number of thiophene rings is 1. The molecule has 0 saturated heterocycles. The molecule has 0 radical (unpaired) electrons. The van der Waals surface area contributed by atoms with Gasteiger partial charge < -0.3 is 9.40 Å². The second-order valence-electron chi connectivity index (χ2n) is 11.0. The molecule has 1 N–H and O–H groups in total. The van der Waals surface area contributed by atoms with E-state index in [2.05, 4.69) is 126 Å². The van der Waals surface area contributed by atoms with Gasteiger partial charge in [0, 0.05) is 47.2 Å². The Morgan fingerprint density at radius 2 is 1.19 bits per heavy atom. The van der Waals surface area contributed by atoms with Gasteiger partial charge in [0.25, 0.3) is 0 Å². The van der Waals surface area contributed by atoms with Gasteiger partial charge in [0.15, 0.2) is 5.58 Å². The number of hydrogen-bond donors (Lipinski definition) is 1. The maximum absolute atomic E-state index is 6.67. The molecule has 0 aliphatic rings. The quantitative estimate of drug-likeness (QED) is 0.209. The first-order valence-electron chi connectivity index (χ1n) is 14.9. The third-order valence-corrected chi connectivity index (χ3v) is 9.89. The van der Waals surface area contributed by atoms with Gasteiger partial charge in [0.2, 0.25) is 0 Å². The van der Waals surface area contributed by atoms with E-state index in [-0.39, 0.29) is 0 Å². The van der Waals surface area contributed by atoms with Crippen LogP contribution in [0.4, 0.5) is 0 Å². The van der Waals surface area contributed by atoms with Gasteiger partial charge in [0.05, 0.1) is 5.52 Å². The number of H-pyrrole nitrogens is 1. The fourth-order valence-electron chi connectivity index (χ4n) is 6.88. The molecule has 3 heterocycles. The molecule has 204 valence electrons. The molecule has 0 fully saturated rings. The van der Waals surface area contributed by atoms with E-state index >= 15 is 0 Å². The number of para-hydroxylation sites is 1. The van der Waals surface area contributed by atoms with Gasteiger partial charge in [0.1, 0.15) is 5.58 Å². The molecule has 7 aromatic carbocycles. The van der Waals surface area contributed by atoms with E-state index in [0.717, 1.165) is 27.6 Å². The Hall–Kier alpha value is -5.12. The van der Waals surface area contributed by atoms with Crippen LogP contribution in [0.5, 0.6) is 0 Å². The van der Waals surface area contributed by atoms with Crippen molar-refractivity contribution in [3.8, 4) is 11.1 Å². The number of fused-ring (bicyclic) bond motifs is 14. The Bertz CT molecular complexity index is 2700. The Balaban J connectivity index is 0.00000128. The molecule has 0 aliphatic carbocycles. The minimum atomic E-state index is 0.920. The zero-order valence-corrected chi connectivity index (χ0v) is 24.7. The number of furan rings is 1. The molecule has 10 rings (SSSR count). The van der Waals surface area contributed by atoms with Gasteiger partial charge in [-0.1, -0.05) is 98.8 Å². The minimum Gasteiger partial charge on any atom is -0.454 e. The van der Waals surface area contributed by atoms with Gasteiger partial charge in [-0.3, -0.25) is 0 Å². The third kappa shape index (κ3) is 3.46. The lowest BCUT2D eigenvalue weighted by Gasteiger charge is -2.06. The summed E-state index contributed by atoms with van der Waals surface area (Å²) in [4.78, 5) is 3.68. The molecule has 0 unspecified atom stereocenters. The second-order valence-corrected chi connectivity index (χ2v) is 12.1. The first-order valence-corrected chi connectivity index (χ1v) is 15.7. The van der Waals surface area contributed by atoms with Crippen LogP contribution >= 0.6 is 11.3 Å². The zero-order chi connectivity index (χ0) is 28.7. The molecule has 0 atom stereocenters. The minimum absolute atomic E-state index is 0.920. The van der Waals surface area contributed by atoms with E-state index in [0.29, 0.717) is 0 Å². The van der Waals surface area contributed by atoms with Gasteiger partial charge in [-0.05, 0) is 69.1 Å². The Kier molecular flexibility index (Phi) is 5.23. The maximum atomic E-state index is 6.67. The summed E-state index contributed by atoms with van der Waals surface area (Å²) in [5.74, 6) is 0. The summed E-state index contributed by atoms with van der Waals surface area (Å²) >= 11 is 1.87. The molecule has 3 aromatic heterocycles. The van der Waals surface area contributed by atoms with E-state index in [1.165, 1.54) is 69.0 Å². The van der Waals surface area contributed by atoms with Crippen molar-refractivity contribution in [2.24, 2.45) is 0 Å². The predicted octanol–water partition coefficient (Wildman–Crippen LogP) is 12.6.